The van der Waals surface area contributed by atoms with E-state index >= 15 is 0 Å². The van der Waals surface area contributed by atoms with Gasteiger partial charge in [0.25, 0.3) is 5.91 Å². The number of carbonyl (C=O) groups is 1. The first kappa shape index (κ1) is 26.3. The van der Waals surface area contributed by atoms with Crippen LogP contribution in [0.15, 0.2) is 71.8 Å². The Hall–Kier alpha value is -3.34. The van der Waals surface area contributed by atoms with Crippen molar-refractivity contribution in [2.45, 2.75) is 38.1 Å². The number of ether oxygens (including phenoxy) is 1. The van der Waals surface area contributed by atoms with Gasteiger partial charge in [-0.15, -0.1) is 0 Å². The number of amides is 1. The van der Waals surface area contributed by atoms with Crippen LogP contribution in [-0.4, -0.2) is 48.3 Å². The Morgan fingerprint density at radius 2 is 1.84 bits per heavy atom. The van der Waals surface area contributed by atoms with Crippen LogP contribution >= 0.6 is 11.3 Å². The number of sulfonamides is 1. The summed E-state index contributed by atoms with van der Waals surface area (Å²) in [5.41, 5.74) is 1.78. The van der Waals surface area contributed by atoms with Crippen molar-refractivity contribution in [1.82, 2.24) is 14.3 Å². The van der Waals surface area contributed by atoms with Crippen molar-refractivity contribution in [3.05, 3.63) is 78.1 Å². The number of benzene rings is 2. The van der Waals surface area contributed by atoms with Gasteiger partial charge in [0.15, 0.2) is 5.13 Å². The van der Waals surface area contributed by atoms with Gasteiger partial charge in [-0.25, -0.2) is 13.4 Å². The predicted octanol–water partition coefficient (Wildman–Crippen LogP) is 5.36. The topological polar surface area (TPSA) is 92.7 Å². The van der Waals surface area contributed by atoms with Gasteiger partial charge in [-0.1, -0.05) is 30.4 Å². The van der Waals surface area contributed by atoms with Crippen LogP contribution in [-0.2, 0) is 16.6 Å². The number of piperidine rings is 1. The number of hydrogen-bond acceptors (Lipinski definition) is 7. The molecule has 0 unspecified atom stereocenters. The fraction of sp³-hybridized carbons (Fsp3) is 0.321. The number of hydrogen-bond donors (Lipinski definition) is 0. The quantitative estimate of drug-likeness (QED) is 0.293. The molecule has 1 saturated heterocycles. The van der Waals surface area contributed by atoms with Gasteiger partial charge in [0.05, 0.1) is 28.4 Å². The lowest BCUT2D eigenvalue weighted by molar-refractivity contribution is 0.0984. The molecule has 4 aromatic rings. The maximum absolute atomic E-state index is 13.8. The van der Waals surface area contributed by atoms with E-state index in [9.17, 15) is 13.2 Å². The molecule has 0 atom stereocenters. The highest BCUT2D eigenvalue weighted by Crippen LogP contribution is 2.35. The van der Waals surface area contributed by atoms with Gasteiger partial charge in [-0.05, 0) is 74.2 Å². The molecule has 3 heterocycles. The maximum Gasteiger partial charge on any atom is 0.260 e. The molecule has 0 bridgehead atoms. The molecule has 0 N–H and O–H groups in total. The summed E-state index contributed by atoms with van der Waals surface area (Å²) in [5.74, 6) is 0.904. The summed E-state index contributed by atoms with van der Waals surface area (Å²) < 4.78 is 34.5. The van der Waals surface area contributed by atoms with Crippen molar-refractivity contribution in [2.24, 2.45) is 5.92 Å². The zero-order valence-electron chi connectivity index (χ0n) is 21.4. The summed E-state index contributed by atoms with van der Waals surface area (Å²) in [4.78, 5) is 24.8. The molecule has 0 radical (unpaired) electrons. The molecule has 1 fully saturated rings. The van der Waals surface area contributed by atoms with Crippen molar-refractivity contribution in [3.63, 3.8) is 0 Å². The van der Waals surface area contributed by atoms with Gasteiger partial charge in [0.2, 0.25) is 10.0 Å². The lowest BCUT2D eigenvalue weighted by Gasteiger charge is -2.29. The van der Waals surface area contributed by atoms with Crippen LogP contribution in [0.2, 0.25) is 0 Å². The molecule has 0 spiro atoms. The zero-order chi connectivity index (χ0) is 26.7. The van der Waals surface area contributed by atoms with Crippen molar-refractivity contribution < 1.29 is 17.9 Å². The standard InChI is InChI=1S/C28H30N4O4S2/c1-3-36-24-8-6-9-25-26(24)30-28(37-25)32(19-22-7-4-5-16-29-22)27(33)21-10-12-23(13-11-21)38(34,35)31-17-14-20(2)15-18-31/h4-13,16,20H,3,14-15,17-19H2,1-2H3. The molecule has 38 heavy (non-hydrogen) atoms. The predicted molar refractivity (Wildman–Crippen MR) is 149 cm³/mol. The highest BCUT2D eigenvalue weighted by molar-refractivity contribution is 7.89. The highest BCUT2D eigenvalue weighted by atomic mass is 32.2. The first-order valence-electron chi connectivity index (χ1n) is 12.7. The Bertz CT molecular complexity index is 1510. The number of thiazole rings is 1. The number of fused-ring (bicyclic) bond motifs is 1. The molecule has 2 aromatic carbocycles. The Kier molecular flexibility index (Phi) is 7.73. The average molecular weight is 551 g/mol. The van der Waals surface area contributed by atoms with Crippen molar-refractivity contribution in [2.75, 3.05) is 24.6 Å². The second-order valence-corrected chi connectivity index (χ2v) is 12.3. The third kappa shape index (κ3) is 5.43. The normalized spacial score (nSPS) is 15.0. The molecule has 2 aromatic heterocycles. The first-order valence-corrected chi connectivity index (χ1v) is 15.0. The Balaban J connectivity index is 1.46. The highest BCUT2D eigenvalue weighted by Gasteiger charge is 2.29. The van der Waals surface area contributed by atoms with Crippen LogP contribution in [0.1, 0.15) is 42.7 Å². The number of rotatable bonds is 8. The molecule has 1 amide bonds. The van der Waals surface area contributed by atoms with E-state index in [0.717, 1.165) is 17.5 Å². The molecule has 5 rings (SSSR count). The van der Waals surface area contributed by atoms with E-state index in [0.29, 0.717) is 53.3 Å². The average Bonchev–Trinajstić information content (AvgIpc) is 3.37. The minimum atomic E-state index is -3.60. The smallest absolute Gasteiger partial charge is 0.260 e. The molecule has 198 valence electrons. The van der Waals surface area contributed by atoms with Crippen LogP contribution in [0.25, 0.3) is 10.2 Å². The van der Waals surface area contributed by atoms with E-state index in [-0.39, 0.29) is 17.3 Å². The zero-order valence-corrected chi connectivity index (χ0v) is 23.0. The number of nitrogens with zero attached hydrogens (tertiary/aromatic N) is 4. The second kappa shape index (κ2) is 11.2. The number of para-hydroxylation sites is 1. The number of aromatic nitrogens is 2. The van der Waals surface area contributed by atoms with Crippen LogP contribution < -0.4 is 9.64 Å². The molecular weight excluding hydrogens is 520 g/mol. The van der Waals surface area contributed by atoms with E-state index in [1.807, 2.05) is 43.3 Å². The molecule has 8 nitrogen and oxygen atoms in total. The number of carbonyl (C=O) groups excluding carboxylic acids is 1. The molecule has 10 heteroatoms. The Labute approximate surface area is 227 Å². The van der Waals surface area contributed by atoms with Gasteiger partial charge >= 0.3 is 0 Å². The minimum Gasteiger partial charge on any atom is -0.492 e. The van der Waals surface area contributed by atoms with Crippen LogP contribution in [0.4, 0.5) is 5.13 Å². The fourth-order valence-electron chi connectivity index (χ4n) is 4.48. The molecule has 1 aliphatic heterocycles. The molecule has 0 aliphatic carbocycles. The molecular formula is C28H30N4O4S2. The maximum atomic E-state index is 13.8. The number of anilines is 1. The summed E-state index contributed by atoms with van der Waals surface area (Å²) >= 11 is 1.40. The van der Waals surface area contributed by atoms with E-state index in [1.54, 1.807) is 23.2 Å². The SMILES string of the molecule is CCOc1cccc2sc(N(Cc3ccccn3)C(=O)c3ccc(S(=O)(=O)N4CCC(C)CC4)cc3)nc12. The second-order valence-electron chi connectivity index (χ2n) is 9.36. The van der Waals surface area contributed by atoms with Crippen LogP contribution in [0.5, 0.6) is 5.75 Å². The first-order chi connectivity index (χ1) is 18.4. The lowest BCUT2D eigenvalue weighted by atomic mass is 10.0. The van der Waals surface area contributed by atoms with E-state index in [4.69, 9.17) is 9.72 Å². The van der Waals surface area contributed by atoms with E-state index < -0.39 is 10.0 Å². The summed E-state index contributed by atoms with van der Waals surface area (Å²) in [5, 5.41) is 0.516. The van der Waals surface area contributed by atoms with Crippen LogP contribution in [0.3, 0.4) is 0 Å². The van der Waals surface area contributed by atoms with Gasteiger partial charge in [-0.2, -0.15) is 4.31 Å². The lowest BCUT2D eigenvalue weighted by Crippen LogP contribution is -2.37. The van der Waals surface area contributed by atoms with Gasteiger partial charge in [-0.3, -0.25) is 14.7 Å². The molecule has 0 saturated carbocycles. The van der Waals surface area contributed by atoms with Crippen molar-refractivity contribution >= 4 is 42.6 Å². The van der Waals surface area contributed by atoms with Gasteiger partial charge < -0.3 is 4.74 Å². The molecule has 1 aliphatic rings. The summed E-state index contributed by atoms with van der Waals surface area (Å²) in [6.45, 7) is 5.82. The summed E-state index contributed by atoms with van der Waals surface area (Å²) in [7, 11) is -3.60. The Morgan fingerprint density at radius 3 is 2.53 bits per heavy atom. The third-order valence-corrected chi connectivity index (χ3v) is 9.63. The van der Waals surface area contributed by atoms with Crippen LogP contribution in [0, 0.1) is 5.92 Å². The monoisotopic (exact) mass is 550 g/mol. The largest absolute Gasteiger partial charge is 0.492 e. The van der Waals surface area contributed by atoms with Crippen molar-refractivity contribution in [3.8, 4) is 5.75 Å². The summed E-state index contributed by atoms with van der Waals surface area (Å²) in [6, 6.07) is 17.5. The van der Waals surface area contributed by atoms with Crippen molar-refractivity contribution in [1.29, 1.82) is 0 Å². The minimum absolute atomic E-state index is 0.196. The fourth-order valence-corrected chi connectivity index (χ4v) is 6.93. The van der Waals surface area contributed by atoms with Gasteiger partial charge in [0.1, 0.15) is 11.3 Å². The van der Waals surface area contributed by atoms with E-state index in [1.165, 1.54) is 27.8 Å². The van der Waals surface area contributed by atoms with Gasteiger partial charge in [0, 0.05) is 24.8 Å². The Morgan fingerprint density at radius 1 is 1.08 bits per heavy atom. The third-order valence-electron chi connectivity index (χ3n) is 6.67. The number of pyridine rings is 1. The van der Waals surface area contributed by atoms with E-state index in [2.05, 4.69) is 11.9 Å². The summed E-state index contributed by atoms with van der Waals surface area (Å²) in [6.07, 6.45) is 3.39.